The third-order valence-electron chi connectivity index (χ3n) is 2.49. The Morgan fingerprint density at radius 1 is 1.36 bits per heavy atom. The molecular formula is C12H15N2+. The fraction of sp³-hybridized carbons (Fsp3) is 0.333. The zero-order valence-electron chi connectivity index (χ0n) is 8.86. The van der Waals surface area contributed by atoms with E-state index in [1.54, 1.807) is 0 Å². The van der Waals surface area contributed by atoms with Crippen molar-refractivity contribution in [1.82, 2.24) is 4.98 Å². The second kappa shape index (κ2) is 3.37. The van der Waals surface area contributed by atoms with E-state index in [0.29, 0.717) is 5.92 Å². The van der Waals surface area contributed by atoms with E-state index in [9.17, 15) is 0 Å². The number of aromatic nitrogens is 2. The molecule has 0 saturated carbocycles. The van der Waals surface area contributed by atoms with Crippen molar-refractivity contribution in [1.29, 1.82) is 0 Å². The molecule has 14 heavy (non-hydrogen) atoms. The number of pyridine rings is 2. The third kappa shape index (κ3) is 1.48. The van der Waals surface area contributed by atoms with E-state index >= 15 is 0 Å². The number of fused-ring (bicyclic) bond motifs is 1. The van der Waals surface area contributed by atoms with Crippen molar-refractivity contribution in [2.45, 2.75) is 19.8 Å². The fourth-order valence-corrected chi connectivity index (χ4v) is 1.75. The molecule has 2 aromatic heterocycles. The van der Waals surface area contributed by atoms with Gasteiger partial charge in [0.05, 0.1) is 0 Å². The van der Waals surface area contributed by atoms with Crippen molar-refractivity contribution in [2.24, 2.45) is 7.05 Å². The summed E-state index contributed by atoms with van der Waals surface area (Å²) in [5, 5.41) is 1.22. The van der Waals surface area contributed by atoms with E-state index < -0.39 is 0 Å². The molecule has 0 unspecified atom stereocenters. The lowest BCUT2D eigenvalue weighted by atomic mass is 10.1. The standard InChI is InChI=1S/C12H15N2/c1-9(2)12-7-10-5-4-6-13-11(10)8-14(12)3/h4-9H,1-3H3/q+1. The van der Waals surface area contributed by atoms with E-state index in [2.05, 4.69) is 48.8 Å². The molecule has 2 heteroatoms. The van der Waals surface area contributed by atoms with E-state index in [1.165, 1.54) is 11.1 Å². The van der Waals surface area contributed by atoms with Crippen molar-refractivity contribution >= 4 is 10.9 Å². The van der Waals surface area contributed by atoms with Crippen LogP contribution in [-0.4, -0.2) is 4.98 Å². The highest BCUT2D eigenvalue weighted by Gasteiger charge is 2.12. The molecular weight excluding hydrogens is 172 g/mol. The molecule has 0 aliphatic carbocycles. The maximum Gasteiger partial charge on any atom is 0.195 e. The van der Waals surface area contributed by atoms with Gasteiger partial charge in [0.25, 0.3) is 0 Å². The number of nitrogens with zero attached hydrogens (tertiary/aromatic N) is 2. The van der Waals surface area contributed by atoms with E-state index in [1.807, 2.05) is 12.3 Å². The Balaban J connectivity index is 2.71. The van der Waals surface area contributed by atoms with Crippen molar-refractivity contribution < 1.29 is 4.57 Å². The summed E-state index contributed by atoms with van der Waals surface area (Å²) in [6, 6.07) is 6.30. The van der Waals surface area contributed by atoms with Gasteiger partial charge < -0.3 is 0 Å². The van der Waals surface area contributed by atoms with Crippen LogP contribution in [0.1, 0.15) is 25.5 Å². The maximum atomic E-state index is 4.32. The van der Waals surface area contributed by atoms with Crippen LogP contribution in [0.3, 0.4) is 0 Å². The fourth-order valence-electron chi connectivity index (χ4n) is 1.75. The van der Waals surface area contributed by atoms with E-state index in [4.69, 9.17) is 0 Å². The van der Waals surface area contributed by atoms with Gasteiger partial charge in [-0.25, -0.2) is 9.55 Å². The molecule has 0 amide bonds. The molecule has 0 aliphatic heterocycles. The summed E-state index contributed by atoms with van der Waals surface area (Å²) in [5.41, 5.74) is 2.39. The minimum absolute atomic E-state index is 0.546. The Morgan fingerprint density at radius 2 is 2.14 bits per heavy atom. The highest BCUT2D eigenvalue weighted by Crippen LogP contribution is 2.15. The van der Waals surface area contributed by atoms with Crippen LogP contribution in [0.25, 0.3) is 10.9 Å². The average Bonchev–Trinajstić information content (AvgIpc) is 2.16. The van der Waals surface area contributed by atoms with Crippen LogP contribution in [0.5, 0.6) is 0 Å². The second-order valence-electron chi connectivity index (χ2n) is 3.94. The van der Waals surface area contributed by atoms with Crippen molar-refractivity contribution in [2.75, 3.05) is 0 Å². The van der Waals surface area contributed by atoms with Gasteiger partial charge in [-0.3, -0.25) is 0 Å². The van der Waals surface area contributed by atoms with Gasteiger partial charge in [0.15, 0.2) is 11.9 Å². The summed E-state index contributed by atoms with van der Waals surface area (Å²) in [4.78, 5) is 4.32. The van der Waals surface area contributed by atoms with Crippen LogP contribution in [0.15, 0.2) is 30.6 Å². The smallest absolute Gasteiger partial charge is 0.195 e. The molecule has 2 nitrogen and oxygen atoms in total. The molecule has 0 atom stereocenters. The Morgan fingerprint density at radius 3 is 2.86 bits per heavy atom. The zero-order valence-corrected chi connectivity index (χ0v) is 8.86. The molecule has 2 heterocycles. The SMILES string of the molecule is CC(C)c1cc2cccnc2c[n+]1C. The Labute approximate surface area is 84.2 Å². The first-order valence-corrected chi connectivity index (χ1v) is 4.93. The quantitative estimate of drug-likeness (QED) is 0.625. The molecule has 72 valence electrons. The molecule has 0 aromatic carbocycles. The van der Waals surface area contributed by atoms with Gasteiger partial charge in [-0.05, 0) is 6.07 Å². The monoisotopic (exact) mass is 187 g/mol. The van der Waals surface area contributed by atoms with Gasteiger partial charge in [-0.15, -0.1) is 0 Å². The number of hydrogen-bond acceptors (Lipinski definition) is 1. The van der Waals surface area contributed by atoms with Gasteiger partial charge in [-0.1, -0.05) is 19.9 Å². The molecule has 0 fully saturated rings. The predicted molar refractivity (Wildman–Crippen MR) is 57.0 cm³/mol. The van der Waals surface area contributed by atoms with E-state index in [-0.39, 0.29) is 0 Å². The topological polar surface area (TPSA) is 16.8 Å². The molecule has 0 spiro atoms. The van der Waals surface area contributed by atoms with Gasteiger partial charge in [0.1, 0.15) is 12.6 Å². The lowest BCUT2D eigenvalue weighted by molar-refractivity contribution is -0.679. The first-order valence-electron chi connectivity index (χ1n) is 4.93. The highest BCUT2D eigenvalue weighted by atomic mass is 14.9. The Kier molecular flexibility index (Phi) is 2.20. The summed E-state index contributed by atoms with van der Waals surface area (Å²) in [7, 11) is 2.07. The molecule has 0 saturated heterocycles. The lowest BCUT2D eigenvalue weighted by Crippen LogP contribution is -2.33. The summed E-state index contributed by atoms with van der Waals surface area (Å²) in [6.07, 6.45) is 3.92. The van der Waals surface area contributed by atoms with Crippen LogP contribution in [0.2, 0.25) is 0 Å². The molecule has 0 bridgehead atoms. The normalized spacial score (nSPS) is 11.1. The van der Waals surface area contributed by atoms with Crippen LogP contribution in [0.4, 0.5) is 0 Å². The minimum Gasteiger partial charge on any atom is -0.250 e. The number of aryl methyl sites for hydroxylation is 1. The zero-order chi connectivity index (χ0) is 10.1. The third-order valence-corrected chi connectivity index (χ3v) is 2.49. The Bertz CT molecular complexity index is 461. The summed E-state index contributed by atoms with van der Waals surface area (Å²) < 4.78 is 2.15. The van der Waals surface area contributed by atoms with Crippen molar-refractivity contribution in [3.05, 3.63) is 36.3 Å². The molecule has 2 rings (SSSR count). The minimum atomic E-state index is 0.546. The largest absolute Gasteiger partial charge is 0.250 e. The van der Waals surface area contributed by atoms with Crippen LogP contribution in [-0.2, 0) is 7.05 Å². The molecule has 2 aromatic rings. The molecule has 0 radical (unpaired) electrons. The highest BCUT2D eigenvalue weighted by molar-refractivity contribution is 5.76. The van der Waals surface area contributed by atoms with Gasteiger partial charge in [-0.2, -0.15) is 0 Å². The van der Waals surface area contributed by atoms with Gasteiger partial charge in [0.2, 0.25) is 0 Å². The van der Waals surface area contributed by atoms with Crippen molar-refractivity contribution in [3.8, 4) is 0 Å². The average molecular weight is 187 g/mol. The molecule has 0 aliphatic rings. The first-order chi connectivity index (χ1) is 6.68. The lowest BCUT2D eigenvalue weighted by Gasteiger charge is -2.04. The van der Waals surface area contributed by atoms with Crippen LogP contribution < -0.4 is 4.57 Å². The van der Waals surface area contributed by atoms with Gasteiger partial charge in [0, 0.05) is 23.6 Å². The predicted octanol–water partition coefficient (Wildman–Crippen LogP) is 2.18. The number of hydrogen-bond donors (Lipinski definition) is 0. The maximum absolute atomic E-state index is 4.32. The summed E-state index contributed by atoms with van der Waals surface area (Å²) in [6.45, 7) is 4.41. The van der Waals surface area contributed by atoms with Crippen LogP contribution in [0, 0.1) is 0 Å². The molecule has 0 N–H and O–H groups in total. The second-order valence-corrected chi connectivity index (χ2v) is 3.94. The van der Waals surface area contributed by atoms with Crippen molar-refractivity contribution in [3.63, 3.8) is 0 Å². The summed E-state index contributed by atoms with van der Waals surface area (Å²) >= 11 is 0. The van der Waals surface area contributed by atoms with Gasteiger partial charge >= 0.3 is 0 Å². The first kappa shape index (κ1) is 9.13. The number of rotatable bonds is 1. The Hall–Kier alpha value is -1.44. The summed E-state index contributed by atoms with van der Waals surface area (Å²) in [5.74, 6) is 0.546. The van der Waals surface area contributed by atoms with E-state index in [0.717, 1.165) is 5.52 Å². The van der Waals surface area contributed by atoms with Crippen LogP contribution >= 0.6 is 0 Å².